The molecular formula is C28H32ClN3O5S. The Labute approximate surface area is 229 Å². The second kappa shape index (κ2) is 12.3. The van der Waals surface area contributed by atoms with E-state index in [0.717, 1.165) is 21.0 Å². The molecule has 0 bridgehead atoms. The molecule has 0 aromatic heterocycles. The molecule has 0 radical (unpaired) electrons. The van der Waals surface area contributed by atoms with Gasteiger partial charge in [0.2, 0.25) is 11.8 Å². The summed E-state index contributed by atoms with van der Waals surface area (Å²) in [5, 5.41) is 2.93. The number of benzene rings is 3. The zero-order valence-electron chi connectivity index (χ0n) is 22.1. The molecule has 0 saturated carbocycles. The van der Waals surface area contributed by atoms with Gasteiger partial charge in [0.1, 0.15) is 18.3 Å². The molecule has 0 unspecified atom stereocenters. The Kier molecular flexibility index (Phi) is 9.40. The van der Waals surface area contributed by atoms with Gasteiger partial charge < -0.3 is 15.0 Å². The van der Waals surface area contributed by atoms with Crippen LogP contribution < -0.4 is 14.4 Å². The first-order chi connectivity index (χ1) is 18.0. The Morgan fingerprint density at radius 3 is 2.18 bits per heavy atom. The average Bonchev–Trinajstić information content (AvgIpc) is 2.91. The molecule has 38 heavy (non-hydrogen) atoms. The summed E-state index contributed by atoms with van der Waals surface area (Å²) < 4.78 is 33.8. The molecule has 0 saturated heterocycles. The number of rotatable bonds is 10. The molecule has 1 atom stereocenters. The monoisotopic (exact) mass is 557 g/mol. The minimum absolute atomic E-state index is 0.0358. The number of sulfonamides is 1. The Hall–Kier alpha value is -3.56. The molecule has 8 nitrogen and oxygen atoms in total. The molecule has 3 rings (SSSR count). The molecule has 0 aliphatic rings. The number of amides is 2. The van der Waals surface area contributed by atoms with Crippen LogP contribution in [0.15, 0.2) is 71.6 Å². The van der Waals surface area contributed by atoms with E-state index < -0.39 is 28.5 Å². The van der Waals surface area contributed by atoms with Crippen molar-refractivity contribution >= 4 is 39.1 Å². The van der Waals surface area contributed by atoms with E-state index in [4.69, 9.17) is 16.3 Å². The van der Waals surface area contributed by atoms with Gasteiger partial charge in [-0.3, -0.25) is 13.9 Å². The summed E-state index contributed by atoms with van der Waals surface area (Å²) >= 11 is 6.34. The summed E-state index contributed by atoms with van der Waals surface area (Å²) in [7, 11) is -1.11. The highest BCUT2D eigenvalue weighted by molar-refractivity contribution is 7.92. The lowest BCUT2D eigenvalue weighted by atomic mass is 10.1. The number of hydrogen-bond donors (Lipinski definition) is 1. The van der Waals surface area contributed by atoms with Crippen LogP contribution in [-0.4, -0.2) is 51.9 Å². The van der Waals surface area contributed by atoms with Crippen LogP contribution in [0, 0.1) is 13.8 Å². The third-order valence-electron chi connectivity index (χ3n) is 6.26. The normalized spacial score (nSPS) is 11.9. The summed E-state index contributed by atoms with van der Waals surface area (Å²) in [4.78, 5) is 27.7. The van der Waals surface area contributed by atoms with Gasteiger partial charge in [0.25, 0.3) is 10.0 Å². The maximum Gasteiger partial charge on any atom is 0.264 e. The molecule has 0 spiro atoms. The fraction of sp³-hybridized carbons (Fsp3) is 0.286. The van der Waals surface area contributed by atoms with Gasteiger partial charge in [-0.05, 0) is 68.3 Å². The standard InChI is InChI=1S/C28H32ClN3O5S/c1-19-6-14-25(15-7-19)38(35,36)32(23-11-8-20(2)26(29)16-23)18-27(33)31(21(3)28(34)30-4)17-22-9-12-24(37-5)13-10-22/h6-16,21H,17-18H2,1-5H3,(H,30,34)/t21-/m1/s1. The number of carbonyl (C=O) groups is 2. The number of likely N-dealkylation sites (N-methyl/N-ethyl adjacent to an activating group) is 1. The van der Waals surface area contributed by atoms with Gasteiger partial charge in [-0.15, -0.1) is 0 Å². The largest absolute Gasteiger partial charge is 0.497 e. The maximum atomic E-state index is 13.8. The van der Waals surface area contributed by atoms with E-state index in [1.165, 1.54) is 30.1 Å². The number of ether oxygens (including phenoxy) is 1. The van der Waals surface area contributed by atoms with Crippen molar-refractivity contribution in [3.8, 4) is 5.75 Å². The van der Waals surface area contributed by atoms with Crippen LogP contribution >= 0.6 is 11.6 Å². The second-order valence-electron chi connectivity index (χ2n) is 8.92. The fourth-order valence-corrected chi connectivity index (χ4v) is 5.40. The van der Waals surface area contributed by atoms with Gasteiger partial charge in [-0.1, -0.05) is 47.5 Å². The average molecular weight is 558 g/mol. The van der Waals surface area contributed by atoms with Crippen molar-refractivity contribution in [1.82, 2.24) is 10.2 Å². The van der Waals surface area contributed by atoms with Crippen LogP contribution in [-0.2, 0) is 26.2 Å². The lowest BCUT2D eigenvalue weighted by Gasteiger charge is -2.32. The molecule has 1 N–H and O–H groups in total. The van der Waals surface area contributed by atoms with E-state index in [1.54, 1.807) is 69.5 Å². The lowest BCUT2D eigenvalue weighted by Crippen LogP contribution is -2.50. The summed E-state index contributed by atoms with van der Waals surface area (Å²) in [6, 6.07) is 17.4. The Morgan fingerprint density at radius 1 is 1.00 bits per heavy atom. The third-order valence-corrected chi connectivity index (χ3v) is 8.45. The molecule has 10 heteroatoms. The van der Waals surface area contributed by atoms with Gasteiger partial charge in [0, 0.05) is 18.6 Å². The van der Waals surface area contributed by atoms with Crippen molar-refractivity contribution in [3.63, 3.8) is 0 Å². The first-order valence-electron chi connectivity index (χ1n) is 12.0. The van der Waals surface area contributed by atoms with Crippen molar-refractivity contribution in [2.24, 2.45) is 0 Å². The number of hydrogen-bond acceptors (Lipinski definition) is 5. The summed E-state index contributed by atoms with van der Waals surface area (Å²) in [6.45, 7) is 4.81. The van der Waals surface area contributed by atoms with Crippen molar-refractivity contribution in [3.05, 3.63) is 88.4 Å². The molecule has 2 amide bonds. The number of aryl methyl sites for hydroxylation is 2. The van der Waals surface area contributed by atoms with Crippen LogP contribution in [0.1, 0.15) is 23.6 Å². The SMILES string of the molecule is CNC(=O)[C@@H](C)N(Cc1ccc(OC)cc1)C(=O)CN(c1ccc(C)c(Cl)c1)S(=O)(=O)c1ccc(C)cc1. The zero-order valence-corrected chi connectivity index (χ0v) is 23.6. The van der Waals surface area contributed by atoms with Crippen LogP contribution in [0.2, 0.25) is 5.02 Å². The van der Waals surface area contributed by atoms with Crippen LogP contribution in [0.25, 0.3) is 0 Å². The molecule has 202 valence electrons. The van der Waals surface area contributed by atoms with Crippen LogP contribution in [0.4, 0.5) is 5.69 Å². The molecule has 0 aliphatic carbocycles. The van der Waals surface area contributed by atoms with Crippen molar-refractivity contribution < 1.29 is 22.7 Å². The molecule has 3 aromatic rings. The van der Waals surface area contributed by atoms with E-state index in [1.807, 2.05) is 6.92 Å². The van der Waals surface area contributed by atoms with E-state index in [0.29, 0.717) is 10.8 Å². The first kappa shape index (κ1) is 29.0. The van der Waals surface area contributed by atoms with Gasteiger partial charge in [0.05, 0.1) is 17.7 Å². The number of nitrogens with zero attached hydrogens (tertiary/aromatic N) is 2. The number of anilines is 1. The Bertz CT molecular complexity index is 1390. The predicted molar refractivity (Wildman–Crippen MR) is 149 cm³/mol. The highest BCUT2D eigenvalue weighted by Crippen LogP contribution is 2.29. The molecule has 0 fully saturated rings. The van der Waals surface area contributed by atoms with E-state index >= 15 is 0 Å². The number of nitrogens with one attached hydrogen (secondary N) is 1. The summed E-state index contributed by atoms with van der Waals surface area (Å²) in [6.07, 6.45) is 0. The van der Waals surface area contributed by atoms with Gasteiger partial charge >= 0.3 is 0 Å². The van der Waals surface area contributed by atoms with Gasteiger partial charge in [-0.25, -0.2) is 8.42 Å². The lowest BCUT2D eigenvalue weighted by molar-refractivity contribution is -0.139. The highest BCUT2D eigenvalue weighted by Gasteiger charge is 2.32. The minimum atomic E-state index is -4.15. The second-order valence-corrected chi connectivity index (χ2v) is 11.2. The third kappa shape index (κ3) is 6.65. The Morgan fingerprint density at radius 2 is 1.63 bits per heavy atom. The zero-order chi connectivity index (χ0) is 28.0. The van der Waals surface area contributed by atoms with E-state index in [9.17, 15) is 18.0 Å². The first-order valence-corrected chi connectivity index (χ1v) is 13.8. The van der Waals surface area contributed by atoms with E-state index in [2.05, 4.69) is 5.32 Å². The smallest absolute Gasteiger partial charge is 0.264 e. The molecule has 0 aliphatic heterocycles. The number of methoxy groups -OCH3 is 1. The van der Waals surface area contributed by atoms with Crippen molar-refractivity contribution in [2.45, 2.75) is 38.3 Å². The van der Waals surface area contributed by atoms with Gasteiger partial charge in [-0.2, -0.15) is 0 Å². The molecular weight excluding hydrogens is 526 g/mol. The van der Waals surface area contributed by atoms with Crippen molar-refractivity contribution in [2.75, 3.05) is 25.0 Å². The molecule has 3 aromatic carbocycles. The summed E-state index contributed by atoms with van der Waals surface area (Å²) in [5.41, 5.74) is 2.66. The topological polar surface area (TPSA) is 96.0 Å². The van der Waals surface area contributed by atoms with Gasteiger partial charge in [0.15, 0.2) is 0 Å². The van der Waals surface area contributed by atoms with Crippen LogP contribution in [0.3, 0.4) is 0 Å². The fourth-order valence-electron chi connectivity index (χ4n) is 3.82. The molecule has 0 heterocycles. The highest BCUT2D eigenvalue weighted by atomic mass is 35.5. The quantitative estimate of drug-likeness (QED) is 0.400. The van der Waals surface area contributed by atoms with Crippen molar-refractivity contribution in [1.29, 1.82) is 0 Å². The van der Waals surface area contributed by atoms with E-state index in [-0.39, 0.29) is 23.0 Å². The Balaban J connectivity index is 2.04. The predicted octanol–water partition coefficient (Wildman–Crippen LogP) is 4.32. The number of carbonyl (C=O) groups excluding carboxylic acids is 2. The minimum Gasteiger partial charge on any atom is -0.497 e. The number of halogens is 1. The summed E-state index contributed by atoms with van der Waals surface area (Å²) in [5.74, 6) is -0.278. The van der Waals surface area contributed by atoms with Crippen LogP contribution in [0.5, 0.6) is 5.75 Å². The maximum absolute atomic E-state index is 13.8.